The summed E-state index contributed by atoms with van der Waals surface area (Å²) in [5, 5.41) is 14.3. The van der Waals surface area contributed by atoms with Crippen LogP contribution in [0, 0.1) is 0 Å². The van der Waals surface area contributed by atoms with Crippen molar-refractivity contribution < 1.29 is 14.7 Å². The minimum atomic E-state index is -1.05. The fraction of sp³-hybridized carbons (Fsp3) is 0.333. The van der Waals surface area contributed by atoms with Gasteiger partial charge in [0.15, 0.2) is 0 Å². The van der Waals surface area contributed by atoms with E-state index in [2.05, 4.69) is 10.6 Å². The van der Waals surface area contributed by atoms with Crippen molar-refractivity contribution >= 4 is 23.6 Å². The molecular formula is C12H15ClN2O3. The second-order valence-corrected chi connectivity index (χ2v) is 4.12. The summed E-state index contributed by atoms with van der Waals surface area (Å²) in [4.78, 5) is 22.2. The van der Waals surface area contributed by atoms with Gasteiger partial charge in [0.1, 0.15) is 6.04 Å². The van der Waals surface area contributed by atoms with Gasteiger partial charge in [0.25, 0.3) is 0 Å². The van der Waals surface area contributed by atoms with E-state index in [0.29, 0.717) is 11.4 Å². The molecule has 0 saturated heterocycles. The van der Waals surface area contributed by atoms with E-state index < -0.39 is 18.0 Å². The molecule has 2 amide bonds. The van der Waals surface area contributed by atoms with Crippen LogP contribution in [-0.4, -0.2) is 23.1 Å². The predicted octanol–water partition coefficient (Wildman–Crippen LogP) is 2.00. The molecule has 1 aromatic carbocycles. The largest absolute Gasteiger partial charge is 0.480 e. The number of aliphatic carboxylic acids is 1. The number of carbonyl (C=O) groups excluding carboxylic acids is 1. The van der Waals surface area contributed by atoms with E-state index in [-0.39, 0.29) is 6.54 Å². The third-order valence-corrected chi connectivity index (χ3v) is 2.78. The lowest BCUT2D eigenvalue weighted by atomic mass is 10.2. The second-order valence-electron chi connectivity index (χ2n) is 3.72. The molecule has 1 atom stereocenters. The normalized spacial score (nSPS) is 11.7. The monoisotopic (exact) mass is 270 g/mol. The highest BCUT2D eigenvalue weighted by molar-refractivity contribution is 6.31. The Morgan fingerprint density at radius 2 is 2.06 bits per heavy atom. The van der Waals surface area contributed by atoms with Crippen LogP contribution in [-0.2, 0) is 11.3 Å². The maximum Gasteiger partial charge on any atom is 0.326 e. The number of carboxylic acids is 1. The van der Waals surface area contributed by atoms with Gasteiger partial charge in [-0.3, -0.25) is 0 Å². The maximum atomic E-state index is 11.5. The Morgan fingerprint density at radius 1 is 1.39 bits per heavy atom. The van der Waals surface area contributed by atoms with Gasteiger partial charge < -0.3 is 15.7 Å². The van der Waals surface area contributed by atoms with E-state index in [1.54, 1.807) is 25.1 Å². The van der Waals surface area contributed by atoms with Gasteiger partial charge in [-0.25, -0.2) is 9.59 Å². The van der Waals surface area contributed by atoms with Crippen LogP contribution in [0.5, 0.6) is 0 Å². The van der Waals surface area contributed by atoms with Gasteiger partial charge in [0.2, 0.25) is 0 Å². The van der Waals surface area contributed by atoms with Gasteiger partial charge in [-0.05, 0) is 18.1 Å². The van der Waals surface area contributed by atoms with Gasteiger partial charge in [-0.15, -0.1) is 0 Å². The highest BCUT2D eigenvalue weighted by atomic mass is 35.5. The van der Waals surface area contributed by atoms with Crippen LogP contribution in [0.2, 0.25) is 5.02 Å². The van der Waals surface area contributed by atoms with Gasteiger partial charge in [-0.1, -0.05) is 36.7 Å². The van der Waals surface area contributed by atoms with Crippen LogP contribution in [0.25, 0.3) is 0 Å². The summed E-state index contributed by atoms with van der Waals surface area (Å²) in [5.74, 6) is -1.05. The van der Waals surface area contributed by atoms with Crippen molar-refractivity contribution in [3.8, 4) is 0 Å². The third-order valence-electron chi connectivity index (χ3n) is 2.41. The average Bonchev–Trinajstić information content (AvgIpc) is 2.34. The zero-order valence-corrected chi connectivity index (χ0v) is 10.7. The first kappa shape index (κ1) is 14.3. The molecule has 0 aliphatic carbocycles. The third kappa shape index (κ3) is 4.25. The molecule has 98 valence electrons. The summed E-state index contributed by atoms with van der Waals surface area (Å²) in [6.45, 7) is 1.94. The van der Waals surface area contributed by atoms with E-state index in [4.69, 9.17) is 16.7 Å². The highest BCUT2D eigenvalue weighted by Gasteiger charge is 2.17. The van der Waals surface area contributed by atoms with Crippen LogP contribution in [0.15, 0.2) is 24.3 Å². The van der Waals surface area contributed by atoms with Gasteiger partial charge in [0.05, 0.1) is 0 Å². The minimum Gasteiger partial charge on any atom is -0.480 e. The summed E-state index contributed by atoms with van der Waals surface area (Å²) in [7, 11) is 0. The Morgan fingerprint density at radius 3 is 2.61 bits per heavy atom. The molecule has 0 fully saturated rings. The van der Waals surface area contributed by atoms with Crippen LogP contribution < -0.4 is 10.6 Å². The first-order valence-corrected chi connectivity index (χ1v) is 5.93. The summed E-state index contributed by atoms with van der Waals surface area (Å²) in [6, 6.07) is 5.72. The Balaban J connectivity index is 2.47. The van der Waals surface area contributed by atoms with Crippen molar-refractivity contribution in [2.45, 2.75) is 25.9 Å². The number of amides is 2. The zero-order valence-electron chi connectivity index (χ0n) is 9.94. The summed E-state index contributed by atoms with van der Waals surface area (Å²) in [6.07, 6.45) is 0.328. The quantitative estimate of drug-likeness (QED) is 0.766. The molecule has 0 heterocycles. The SMILES string of the molecule is CC[C@@H](NC(=O)NCc1ccccc1Cl)C(=O)O. The fourth-order valence-electron chi connectivity index (χ4n) is 1.36. The van der Waals surface area contributed by atoms with Crippen LogP contribution in [0.3, 0.4) is 0 Å². The molecule has 0 bridgehead atoms. The standard InChI is InChI=1S/C12H15ClN2O3/c1-2-10(11(16)17)15-12(18)14-7-8-5-3-4-6-9(8)13/h3-6,10H,2,7H2,1H3,(H,16,17)(H2,14,15,18)/t10-/m1/s1. The molecule has 0 aliphatic heterocycles. The molecule has 5 nitrogen and oxygen atoms in total. The van der Waals surface area contributed by atoms with Crippen LogP contribution >= 0.6 is 11.6 Å². The molecule has 3 N–H and O–H groups in total. The lowest BCUT2D eigenvalue weighted by molar-refractivity contribution is -0.139. The fourth-order valence-corrected chi connectivity index (χ4v) is 1.57. The Bertz CT molecular complexity index is 437. The van der Waals surface area contributed by atoms with Crippen LogP contribution in [0.4, 0.5) is 4.79 Å². The molecule has 18 heavy (non-hydrogen) atoms. The molecule has 0 radical (unpaired) electrons. The first-order valence-electron chi connectivity index (χ1n) is 5.55. The van der Waals surface area contributed by atoms with Gasteiger partial charge in [-0.2, -0.15) is 0 Å². The highest BCUT2D eigenvalue weighted by Crippen LogP contribution is 2.14. The van der Waals surface area contributed by atoms with Crippen molar-refractivity contribution in [1.29, 1.82) is 0 Å². The van der Waals surface area contributed by atoms with Crippen molar-refractivity contribution in [3.63, 3.8) is 0 Å². The molecule has 0 aromatic heterocycles. The summed E-state index contributed by atoms with van der Waals surface area (Å²) in [5.41, 5.74) is 0.776. The Kier molecular flexibility index (Phi) is 5.45. The van der Waals surface area contributed by atoms with Crippen LogP contribution in [0.1, 0.15) is 18.9 Å². The van der Waals surface area contributed by atoms with E-state index in [0.717, 1.165) is 5.56 Å². The lowest BCUT2D eigenvalue weighted by Crippen LogP contribution is -2.45. The smallest absolute Gasteiger partial charge is 0.326 e. The lowest BCUT2D eigenvalue weighted by Gasteiger charge is -2.13. The number of hydrogen-bond donors (Lipinski definition) is 3. The molecule has 1 rings (SSSR count). The molecule has 6 heteroatoms. The number of carbonyl (C=O) groups is 2. The Hall–Kier alpha value is -1.75. The predicted molar refractivity (Wildman–Crippen MR) is 68.5 cm³/mol. The number of nitrogens with one attached hydrogen (secondary N) is 2. The molecule has 0 saturated carbocycles. The molecular weight excluding hydrogens is 256 g/mol. The Labute approximate surface area is 110 Å². The zero-order chi connectivity index (χ0) is 13.5. The minimum absolute atomic E-state index is 0.252. The molecule has 0 spiro atoms. The number of rotatable bonds is 5. The van der Waals surface area contributed by atoms with Crippen molar-refractivity contribution in [3.05, 3.63) is 34.9 Å². The van der Waals surface area contributed by atoms with Gasteiger partial charge >= 0.3 is 12.0 Å². The summed E-state index contributed by atoms with van der Waals surface area (Å²) >= 11 is 5.93. The molecule has 1 aromatic rings. The first-order chi connectivity index (χ1) is 8.54. The second kappa shape index (κ2) is 6.86. The van der Waals surface area contributed by atoms with Crippen molar-refractivity contribution in [1.82, 2.24) is 10.6 Å². The van der Waals surface area contributed by atoms with E-state index in [9.17, 15) is 9.59 Å². The van der Waals surface area contributed by atoms with E-state index >= 15 is 0 Å². The number of halogens is 1. The van der Waals surface area contributed by atoms with Crippen molar-refractivity contribution in [2.24, 2.45) is 0 Å². The topological polar surface area (TPSA) is 78.4 Å². The average molecular weight is 271 g/mol. The number of benzene rings is 1. The number of hydrogen-bond acceptors (Lipinski definition) is 2. The molecule has 0 aliphatic rings. The molecule has 0 unspecified atom stereocenters. The van der Waals surface area contributed by atoms with E-state index in [1.165, 1.54) is 0 Å². The maximum absolute atomic E-state index is 11.5. The van der Waals surface area contributed by atoms with Gasteiger partial charge in [0, 0.05) is 11.6 Å². The summed E-state index contributed by atoms with van der Waals surface area (Å²) < 4.78 is 0. The number of carboxylic acid groups (broad SMARTS) is 1. The number of urea groups is 1. The van der Waals surface area contributed by atoms with E-state index in [1.807, 2.05) is 6.07 Å². The van der Waals surface area contributed by atoms with Crippen molar-refractivity contribution in [2.75, 3.05) is 0 Å².